The highest BCUT2D eigenvalue weighted by Gasteiger charge is 2.31. The standard InChI is InChI=1S/C22H26N8O/c1-23-10-12-28(2)22-24-9-8-20(27-22)30-11-4-5-19(30)21(31)25-14-16-6-7-18-17(13-16)26-15-29(18)3/h6-10,12-13,15,19H,1,4-5,11,14H2,2-3H3,(H,25,31)/b12-10-/t19-/m1/s1. The fourth-order valence-electron chi connectivity index (χ4n) is 3.80. The van der Waals surface area contributed by atoms with Crippen LogP contribution in [-0.2, 0) is 18.4 Å². The van der Waals surface area contributed by atoms with Gasteiger partial charge in [-0.15, -0.1) is 0 Å². The van der Waals surface area contributed by atoms with Gasteiger partial charge in [-0.2, -0.15) is 4.98 Å². The molecule has 9 nitrogen and oxygen atoms in total. The molecule has 0 radical (unpaired) electrons. The van der Waals surface area contributed by atoms with E-state index in [1.54, 1.807) is 29.8 Å². The van der Waals surface area contributed by atoms with Crippen molar-refractivity contribution in [2.24, 2.45) is 12.0 Å². The molecule has 9 heteroatoms. The van der Waals surface area contributed by atoms with Crippen molar-refractivity contribution in [1.82, 2.24) is 24.8 Å². The summed E-state index contributed by atoms with van der Waals surface area (Å²) in [4.78, 5) is 33.8. The predicted molar refractivity (Wildman–Crippen MR) is 122 cm³/mol. The minimum atomic E-state index is -0.253. The Morgan fingerprint density at radius 2 is 2.26 bits per heavy atom. The number of carbonyl (C=O) groups is 1. The Balaban J connectivity index is 1.44. The van der Waals surface area contributed by atoms with Gasteiger partial charge in [-0.05, 0) is 43.3 Å². The molecule has 160 valence electrons. The van der Waals surface area contributed by atoms with Gasteiger partial charge >= 0.3 is 0 Å². The van der Waals surface area contributed by atoms with Crippen molar-refractivity contribution < 1.29 is 4.79 Å². The van der Waals surface area contributed by atoms with Crippen LogP contribution < -0.4 is 15.1 Å². The Hall–Kier alpha value is -3.75. The van der Waals surface area contributed by atoms with Crippen molar-refractivity contribution in [2.45, 2.75) is 25.4 Å². The smallest absolute Gasteiger partial charge is 0.243 e. The number of rotatable bonds is 7. The molecule has 1 atom stereocenters. The average molecular weight is 419 g/mol. The van der Waals surface area contributed by atoms with Crippen molar-refractivity contribution in [3.8, 4) is 0 Å². The molecule has 1 aromatic carbocycles. The van der Waals surface area contributed by atoms with Crippen LogP contribution in [0.3, 0.4) is 0 Å². The Kier molecular flexibility index (Phi) is 5.92. The van der Waals surface area contributed by atoms with Crippen molar-refractivity contribution in [3.63, 3.8) is 0 Å². The van der Waals surface area contributed by atoms with Crippen LogP contribution in [0.5, 0.6) is 0 Å². The zero-order valence-corrected chi connectivity index (χ0v) is 17.8. The Bertz CT molecular complexity index is 1120. The van der Waals surface area contributed by atoms with E-state index in [0.29, 0.717) is 12.5 Å². The Morgan fingerprint density at radius 1 is 1.39 bits per heavy atom. The second kappa shape index (κ2) is 8.95. The molecule has 1 N–H and O–H groups in total. The van der Waals surface area contributed by atoms with Gasteiger partial charge in [0.2, 0.25) is 11.9 Å². The van der Waals surface area contributed by atoms with Gasteiger partial charge in [0, 0.05) is 45.8 Å². The molecule has 1 saturated heterocycles. The van der Waals surface area contributed by atoms with Crippen molar-refractivity contribution in [3.05, 3.63) is 54.8 Å². The number of imidazole rings is 1. The monoisotopic (exact) mass is 418 g/mol. The van der Waals surface area contributed by atoms with Crippen molar-refractivity contribution in [1.29, 1.82) is 0 Å². The third kappa shape index (κ3) is 4.40. The Morgan fingerprint density at radius 3 is 3.10 bits per heavy atom. The summed E-state index contributed by atoms with van der Waals surface area (Å²) in [5, 5.41) is 3.08. The lowest BCUT2D eigenvalue weighted by Gasteiger charge is -2.25. The van der Waals surface area contributed by atoms with E-state index in [4.69, 9.17) is 0 Å². The summed E-state index contributed by atoms with van der Waals surface area (Å²) in [6.45, 7) is 4.68. The third-order valence-electron chi connectivity index (χ3n) is 5.45. The van der Waals surface area contributed by atoms with Crippen molar-refractivity contribution in [2.75, 3.05) is 23.4 Å². The minimum Gasteiger partial charge on any atom is -0.350 e. The fourth-order valence-corrected chi connectivity index (χ4v) is 3.80. The average Bonchev–Trinajstić information content (AvgIpc) is 3.43. The molecule has 0 unspecified atom stereocenters. The molecule has 3 aromatic rings. The van der Waals surface area contributed by atoms with E-state index in [-0.39, 0.29) is 11.9 Å². The first-order chi connectivity index (χ1) is 15.1. The highest BCUT2D eigenvalue weighted by atomic mass is 16.2. The summed E-state index contributed by atoms with van der Waals surface area (Å²) in [5.41, 5.74) is 3.02. The summed E-state index contributed by atoms with van der Waals surface area (Å²) in [5.74, 6) is 1.28. The van der Waals surface area contributed by atoms with Gasteiger partial charge in [0.25, 0.3) is 0 Å². The van der Waals surface area contributed by atoms with Gasteiger partial charge in [0.15, 0.2) is 0 Å². The molecule has 31 heavy (non-hydrogen) atoms. The largest absolute Gasteiger partial charge is 0.350 e. The van der Waals surface area contributed by atoms with E-state index in [1.165, 1.54) is 0 Å². The van der Waals surface area contributed by atoms with Crippen LogP contribution in [0, 0.1) is 0 Å². The van der Waals surface area contributed by atoms with Gasteiger partial charge in [-0.25, -0.2) is 9.97 Å². The van der Waals surface area contributed by atoms with Crippen molar-refractivity contribution >= 4 is 35.4 Å². The molecule has 1 aliphatic heterocycles. The van der Waals surface area contributed by atoms with E-state index in [0.717, 1.165) is 41.8 Å². The zero-order chi connectivity index (χ0) is 21.8. The normalized spacial score (nSPS) is 16.2. The molecule has 1 fully saturated rings. The fraction of sp³-hybridized carbons (Fsp3) is 0.318. The molecule has 3 heterocycles. The molecular weight excluding hydrogens is 392 g/mol. The van der Waals surface area contributed by atoms with Crippen LogP contribution in [0.25, 0.3) is 11.0 Å². The summed E-state index contributed by atoms with van der Waals surface area (Å²) in [6, 6.07) is 7.65. The number of fused-ring (bicyclic) bond motifs is 1. The number of aliphatic imine (C=N–C) groups is 1. The number of aryl methyl sites for hydroxylation is 1. The van der Waals surface area contributed by atoms with E-state index < -0.39 is 0 Å². The van der Waals surface area contributed by atoms with Crippen LogP contribution in [0.1, 0.15) is 18.4 Å². The topological polar surface area (TPSA) is 91.5 Å². The van der Waals surface area contributed by atoms with Crippen LogP contribution in [0.15, 0.2) is 54.2 Å². The van der Waals surface area contributed by atoms with E-state index >= 15 is 0 Å². The molecule has 0 saturated carbocycles. The molecular formula is C22H26N8O. The molecule has 0 aliphatic carbocycles. The number of aromatic nitrogens is 4. The van der Waals surface area contributed by atoms with Gasteiger partial charge in [0.05, 0.1) is 17.4 Å². The maximum absolute atomic E-state index is 13.0. The number of amides is 1. The summed E-state index contributed by atoms with van der Waals surface area (Å²) < 4.78 is 1.98. The summed E-state index contributed by atoms with van der Waals surface area (Å²) in [6.07, 6.45) is 8.54. The van der Waals surface area contributed by atoms with Crippen LogP contribution >= 0.6 is 0 Å². The van der Waals surface area contributed by atoms with Crippen LogP contribution in [0.2, 0.25) is 0 Å². The van der Waals surface area contributed by atoms with Crippen LogP contribution in [0.4, 0.5) is 11.8 Å². The molecule has 4 rings (SSSR count). The zero-order valence-electron chi connectivity index (χ0n) is 17.8. The van der Waals surface area contributed by atoms with Gasteiger partial charge in [0.1, 0.15) is 11.9 Å². The molecule has 2 aromatic heterocycles. The first-order valence-corrected chi connectivity index (χ1v) is 10.2. The first kappa shape index (κ1) is 20.5. The number of hydrogen-bond donors (Lipinski definition) is 1. The molecule has 0 spiro atoms. The number of nitrogens with one attached hydrogen (secondary N) is 1. The van der Waals surface area contributed by atoms with E-state index in [1.807, 2.05) is 47.8 Å². The number of nitrogens with zero attached hydrogens (tertiary/aromatic N) is 7. The lowest BCUT2D eigenvalue weighted by molar-refractivity contribution is -0.122. The van der Waals surface area contributed by atoms with Crippen LogP contribution in [-0.4, -0.2) is 51.8 Å². The third-order valence-corrected chi connectivity index (χ3v) is 5.45. The molecule has 1 aliphatic rings. The van der Waals surface area contributed by atoms with Gasteiger partial charge in [-0.1, -0.05) is 6.07 Å². The Labute approximate surface area is 181 Å². The number of anilines is 2. The number of carbonyl (C=O) groups excluding carboxylic acids is 1. The summed E-state index contributed by atoms with van der Waals surface area (Å²) in [7, 11) is 3.81. The highest BCUT2D eigenvalue weighted by molar-refractivity contribution is 5.85. The number of hydrogen-bond acceptors (Lipinski definition) is 7. The van der Waals surface area contributed by atoms with E-state index in [2.05, 4.69) is 32.0 Å². The minimum absolute atomic E-state index is 0.00267. The van der Waals surface area contributed by atoms with E-state index in [9.17, 15) is 4.79 Å². The quantitative estimate of drug-likeness (QED) is 0.592. The highest BCUT2D eigenvalue weighted by Crippen LogP contribution is 2.25. The summed E-state index contributed by atoms with van der Waals surface area (Å²) >= 11 is 0. The molecule has 0 bridgehead atoms. The van der Waals surface area contributed by atoms with Gasteiger partial charge < -0.3 is 19.7 Å². The SMILES string of the molecule is C=N/C=C\N(C)c1nccc(N2CCC[C@@H]2C(=O)NCc2ccc3c(c2)ncn3C)n1. The lowest BCUT2D eigenvalue weighted by atomic mass is 10.1. The maximum Gasteiger partial charge on any atom is 0.243 e. The lowest BCUT2D eigenvalue weighted by Crippen LogP contribution is -2.43. The maximum atomic E-state index is 13.0. The second-order valence-corrected chi connectivity index (χ2v) is 7.55. The molecule has 1 amide bonds. The number of benzene rings is 1. The first-order valence-electron chi connectivity index (χ1n) is 10.2. The van der Waals surface area contributed by atoms with Gasteiger partial charge in [-0.3, -0.25) is 9.79 Å². The predicted octanol–water partition coefficient (Wildman–Crippen LogP) is 2.26. The second-order valence-electron chi connectivity index (χ2n) is 7.55.